The van der Waals surface area contributed by atoms with Crippen molar-refractivity contribution < 1.29 is 4.79 Å². The number of nitrogens with one attached hydrogen (secondary N) is 1. The van der Waals surface area contributed by atoms with Gasteiger partial charge in [0.2, 0.25) is 0 Å². The Morgan fingerprint density at radius 1 is 1.33 bits per heavy atom. The summed E-state index contributed by atoms with van der Waals surface area (Å²) in [5.41, 5.74) is 3.27. The number of benzene rings is 1. The third-order valence-electron chi connectivity index (χ3n) is 3.71. The highest BCUT2D eigenvalue weighted by molar-refractivity contribution is 5.97. The van der Waals surface area contributed by atoms with Crippen LogP contribution in [0.15, 0.2) is 24.5 Å². The number of fused-ring (bicyclic) bond motifs is 1. The highest BCUT2D eigenvalue weighted by atomic mass is 16.1. The maximum absolute atomic E-state index is 12.4. The quantitative estimate of drug-likeness (QED) is 0.853. The maximum Gasteiger partial charge on any atom is 0.170 e. The largest absolute Gasteiger partial charge is 0.309 e. The lowest BCUT2D eigenvalue weighted by Gasteiger charge is -2.08. The molecule has 0 bridgehead atoms. The van der Waals surface area contributed by atoms with Gasteiger partial charge in [0.05, 0.1) is 6.42 Å². The maximum atomic E-state index is 12.4. The number of carbonyl (C=O) groups excluding carboxylic acids is 1. The third-order valence-corrected chi connectivity index (χ3v) is 3.71. The normalized spacial score (nSPS) is 13.7. The van der Waals surface area contributed by atoms with Gasteiger partial charge in [-0.15, -0.1) is 0 Å². The second-order valence-electron chi connectivity index (χ2n) is 5.94. The van der Waals surface area contributed by atoms with E-state index in [0.717, 1.165) is 31.0 Å². The zero-order valence-electron chi connectivity index (χ0n) is 12.5. The number of nitrogens with zero attached hydrogens (tertiary/aromatic N) is 3. The second-order valence-corrected chi connectivity index (χ2v) is 5.94. The van der Waals surface area contributed by atoms with Gasteiger partial charge >= 0.3 is 0 Å². The average molecular weight is 284 g/mol. The van der Waals surface area contributed by atoms with Crippen molar-refractivity contribution in [1.29, 1.82) is 0 Å². The van der Waals surface area contributed by atoms with Crippen molar-refractivity contribution in [3.63, 3.8) is 0 Å². The van der Waals surface area contributed by atoms with Crippen molar-refractivity contribution in [3.05, 3.63) is 47.0 Å². The highest BCUT2D eigenvalue weighted by Gasteiger charge is 2.16. The van der Waals surface area contributed by atoms with Crippen LogP contribution in [0.1, 0.15) is 41.2 Å². The molecule has 5 nitrogen and oxygen atoms in total. The lowest BCUT2D eigenvalue weighted by atomic mass is 10.0. The van der Waals surface area contributed by atoms with Crippen molar-refractivity contribution in [2.75, 3.05) is 0 Å². The summed E-state index contributed by atoms with van der Waals surface area (Å²) in [7, 11) is 0. The molecule has 1 aliphatic heterocycles. The number of rotatable bonds is 5. The minimum Gasteiger partial charge on any atom is -0.309 e. The molecule has 21 heavy (non-hydrogen) atoms. The molecule has 0 amide bonds. The summed E-state index contributed by atoms with van der Waals surface area (Å²) in [5, 5.41) is 7.50. The van der Waals surface area contributed by atoms with Gasteiger partial charge in [0.1, 0.15) is 12.2 Å². The summed E-state index contributed by atoms with van der Waals surface area (Å²) in [6.07, 6.45) is 1.83. The van der Waals surface area contributed by atoms with Gasteiger partial charge < -0.3 is 5.32 Å². The zero-order chi connectivity index (χ0) is 14.8. The van der Waals surface area contributed by atoms with Crippen molar-refractivity contribution in [2.45, 2.75) is 39.9 Å². The molecule has 1 aromatic carbocycles. The van der Waals surface area contributed by atoms with Gasteiger partial charge in [-0.1, -0.05) is 26.0 Å². The molecule has 2 heterocycles. The lowest BCUT2D eigenvalue weighted by molar-refractivity contribution is 0.0989. The average Bonchev–Trinajstić information content (AvgIpc) is 3.06. The summed E-state index contributed by atoms with van der Waals surface area (Å²) in [6, 6.07) is 5.96. The first-order chi connectivity index (χ1) is 10.1. The Hall–Kier alpha value is -2.01. The molecule has 0 saturated heterocycles. The topological polar surface area (TPSA) is 59.8 Å². The molecular weight excluding hydrogens is 264 g/mol. The standard InChI is InChI=1S/C16H20N4O/c1-11(2)9-20-16(18-10-19-20)6-15(21)12-3-4-13-7-17-8-14(13)5-12/h3-5,10-11,17H,6-9H2,1-2H3. The van der Waals surface area contributed by atoms with E-state index in [4.69, 9.17) is 0 Å². The Labute approximate surface area is 124 Å². The van der Waals surface area contributed by atoms with Crippen LogP contribution in [0.4, 0.5) is 0 Å². The van der Waals surface area contributed by atoms with E-state index in [1.807, 2.05) is 22.9 Å². The van der Waals surface area contributed by atoms with Crippen LogP contribution in [0, 0.1) is 5.92 Å². The predicted molar refractivity (Wildman–Crippen MR) is 79.9 cm³/mol. The van der Waals surface area contributed by atoms with E-state index in [9.17, 15) is 4.79 Å². The lowest BCUT2D eigenvalue weighted by Crippen LogP contribution is -2.14. The van der Waals surface area contributed by atoms with Gasteiger partial charge in [-0.3, -0.25) is 4.79 Å². The molecule has 5 heteroatoms. The van der Waals surface area contributed by atoms with E-state index in [1.165, 1.54) is 17.5 Å². The van der Waals surface area contributed by atoms with Crippen LogP contribution >= 0.6 is 0 Å². The molecule has 0 fully saturated rings. The Bertz CT molecular complexity index is 660. The van der Waals surface area contributed by atoms with E-state index in [-0.39, 0.29) is 5.78 Å². The predicted octanol–water partition coefficient (Wildman–Crippen LogP) is 1.96. The summed E-state index contributed by atoms with van der Waals surface area (Å²) in [5.74, 6) is 1.32. The first-order valence-electron chi connectivity index (χ1n) is 7.36. The fraction of sp³-hybridized carbons (Fsp3) is 0.438. The summed E-state index contributed by atoms with van der Waals surface area (Å²) in [6.45, 7) is 6.78. The minimum atomic E-state index is 0.0997. The Kier molecular flexibility index (Phi) is 3.84. The second kappa shape index (κ2) is 5.77. The highest BCUT2D eigenvalue weighted by Crippen LogP contribution is 2.18. The van der Waals surface area contributed by atoms with Gasteiger partial charge in [-0.05, 0) is 23.1 Å². The van der Waals surface area contributed by atoms with Gasteiger partial charge in [0, 0.05) is 25.2 Å². The Morgan fingerprint density at radius 2 is 2.14 bits per heavy atom. The van der Waals surface area contributed by atoms with Crippen molar-refractivity contribution in [3.8, 4) is 0 Å². The van der Waals surface area contributed by atoms with E-state index in [0.29, 0.717) is 12.3 Å². The molecule has 0 unspecified atom stereocenters. The number of hydrogen-bond donors (Lipinski definition) is 1. The Morgan fingerprint density at radius 3 is 2.95 bits per heavy atom. The number of ketones is 1. The van der Waals surface area contributed by atoms with E-state index >= 15 is 0 Å². The van der Waals surface area contributed by atoms with Crippen LogP contribution in [-0.4, -0.2) is 20.5 Å². The summed E-state index contributed by atoms with van der Waals surface area (Å²) in [4.78, 5) is 16.7. The molecule has 0 radical (unpaired) electrons. The molecule has 2 aromatic rings. The smallest absolute Gasteiger partial charge is 0.170 e. The molecule has 0 atom stereocenters. The molecule has 0 spiro atoms. The molecule has 1 N–H and O–H groups in total. The van der Waals surface area contributed by atoms with Crippen molar-refractivity contribution in [2.24, 2.45) is 5.92 Å². The zero-order valence-corrected chi connectivity index (χ0v) is 12.5. The van der Waals surface area contributed by atoms with Crippen LogP contribution in [0.5, 0.6) is 0 Å². The number of aromatic nitrogens is 3. The first-order valence-corrected chi connectivity index (χ1v) is 7.36. The van der Waals surface area contributed by atoms with Crippen molar-refractivity contribution in [1.82, 2.24) is 20.1 Å². The molecule has 0 aliphatic carbocycles. The van der Waals surface area contributed by atoms with Crippen LogP contribution in [0.25, 0.3) is 0 Å². The fourth-order valence-corrected chi connectivity index (χ4v) is 2.64. The number of hydrogen-bond acceptors (Lipinski definition) is 4. The molecular formula is C16H20N4O. The molecule has 3 rings (SSSR count). The number of carbonyl (C=O) groups is 1. The van der Waals surface area contributed by atoms with Gasteiger partial charge in [-0.2, -0.15) is 5.10 Å². The summed E-state index contributed by atoms with van der Waals surface area (Å²) >= 11 is 0. The molecule has 110 valence electrons. The molecule has 1 aromatic heterocycles. The third kappa shape index (κ3) is 3.03. The molecule has 0 saturated carbocycles. The molecule has 1 aliphatic rings. The monoisotopic (exact) mass is 284 g/mol. The summed E-state index contributed by atoms with van der Waals surface area (Å²) < 4.78 is 1.83. The van der Waals surface area contributed by atoms with E-state index in [2.05, 4.69) is 29.2 Å². The Balaban J connectivity index is 1.76. The minimum absolute atomic E-state index is 0.0997. The SMILES string of the molecule is CC(C)Cn1ncnc1CC(=O)c1ccc2c(c1)CNC2. The van der Waals surface area contributed by atoms with Gasteiger partial charge in [0.25, 0.3) is 0 Å². The van der Waals surface area contributed by atoms with Crippen LogP contribution < -0.4 is 5.32 Å². The number of Topliss-reactive ketones (excluding diaryl/α,β-unsaturated/α-hetero) is 1. The van der Waals surface area contributed by atoms with Gasteiger partial charge in [-0.25, -0.2) is 9.67 Å². The van der Waals surface area contributed by atoms with Crippen LogP contribution in [0.2, 0.25) is 0 Å². The van der Waals surface area contributed by atoms with E-state index < -0.39 is 0 Å². The van der Waals surface area contributed by atoms with Crippen molar-refractivity contribution >= 4 is 5.78 Å². The van der Waals surface area contributed by atoms with E-state index in [1.54, 1.807) is 0 Å². The van der Waals surface area contributed by atoms with Crippen LogP contribution in [0.3, 0.4) is 0 Å². The first kappa shape index (κ1) is 13.9. The van der Waals surface area contributed by atoms with Crippen LogP contribution in [-0.2, 0) is 26.1 Å². The van der Waals surface area contributed by atoms with Gasteiger partial charge in [0.15, 0.2) is 5.78 Å². The fourth-order valence-electron chi connectivity index (χ4n) is 2.64.